The van der Waals surface area contributed by atoms with Gasteiger partial charge < -0.3 is 10.2 Å². The van der Waals surface area contributed by atoms with E-state index in [9.17, 15) is 4.79 Å². The summed E-state index contributed by atoms with van der Waals surface area (Å²) in [6.07, 6.45) is 4.31. The van der Waals surface area contributed by atoms with Gasteiger partial charge in [0.05, 0.1) is 5.92 Å². The van der Waals surface area contributed by atoms with Gasteiger partial charge in [0.15, 0.2) is 0 Å². The standard InChI is InChI=1S/C18H28N2O/c1-3-15(12-16-8-5-4-6-9-16)13-19-18(21)17-10-7-11-20(2)14-17/h4-6,8-9,15,17H,3,7,10-14H2,1-2H3,(H,19,21)/t15-,17+/m1/s1. The Balaban J connectivity index is 1.78. The van der Waals surface area contributed by atoms with Crippen molar-refractivity contribution in [1.82, 2.24) is 10.2 Å². The lowest BCUT2D eigenvalue weighted by Gasteiger charge is -2.29. The van der Waals surface area contributed by atoms with Crippen molar-refractivity contribution in [3.8, 4) is 0 Å². The lowest BCUT2D eigenvalue weighted by molar-refractivity contribution is -0.126. The molecule has 3 heteroatoms. The van der Waals surface area contributed by atoms with Crippen LogP contribution in [0.25, 0.3) is 0 Å². The van der Waals surface area contributed by atoms with Gasteiger partial charge in [-0.15, -0.1) is 0 Å². The molecular formula is C18H28N2O. The van der Waals surface area contributed by atoms with Gasteiger partial charge in [0.1, 0.15) is 0 Å². The topological polar surface area (TPSA) is 32.3 Å². The van der Waals surface area contributed by atoms with E-state index in [1.54, 1.807) is 0 Å². The van der Waals surface area contributed by atoms with Crippen LogP contribution in [0.1, 0.15) is 31.7 Å². The molecule has 0 spiro atoms. The molecule has 3 nitrogen and oxygen atoms in total. The summed E-state index contributed by atoms with van der Waals surface area (Å²) >= 11 is 0. The zero-order chi connectivity index (χ0) is 15.1. The Hall–Kier alpha value is -1.35. The smallest absolute Gasteiger partial charge is 0.224 e. The third-order valence-corrected chi connectivity index (χ3v) is 4.50. The number of piperidine rings is 1. The second kappa shape index (κ2) is 8.18. The number of hydrogen-bond acceptors (Lipinski definition) is 2. The molecule has 1 heterocycles. The molecule has 1 aromatic rings. The minimum Gasteiger partial charge on any atom is -0.356 e. The van der Waals surface area contributed by atoms with Crippen LogP contribution < -0.4 is 5.32 Å². The second-order valence-electron chi connectivity index (χ2n) is 6.31. The Kier molecular flexibility index (Phi) is 6.24. The summed E-state index contributed by atoms with van der Waals surface area (Å²) in [5.41, 5.74) is 1.36. The molecule has 1 aliphatic rings. The van der Waals surface area contributed by atoms with Crippen LogP contribution in [-0.2, 0) is 11.2 Å². The highest BCUT2D eigenvalue weighted by Crippen LogP contribution is 2.16. The lowest BCUT2D eigenvalue weighted by atomic mass is 9.95. The van der Waals surface area contributed by atoms with E-state index in [-0.39, 0.29) is 11.8 Å². The van der Waals surface area contributed by atoms with Crippen LogP contribution in [0, 0.1) is 11.8 Å². The number of carbonyl (C=O) groups excluding carboxylic acids is 1. The van der Waals surface area contributed by atoms with Crippen LogP contribution in [0.4, 0.5) is 0 Å². The van der Waals surface area contributed by atoms with E-state index in [1.165, 1.54) is 5.56 Å². The summed E-state index contributed by atoms with van der Waals surface area (Å²) in [5, 5.41) is 3.18. The van der Waals surface area contributed by atoms with Crippen LogP contribution in [0.3, 0.4) is 0 Å². The maximum absolute atomic E-state index is 12.3. The Morgan fingerprint density at radius 3 is 2.81 bits per heavy atom. The Bertz CT molecular complexity index is 432. The van der Waals surface area contributed by atoms with Crippen molar-refractivity contribution in [1.29, 1.82) is 0 Å². The van der Waals surface area contributed by atoms with Gasteiger partial charge in [0.2, 0.25) is 5.91 Å². The van der Waals surface area contributed by atoms with E-state index >= 15 is 0 Å². The zero-order valence-corrected chi connectivity index (χ0v) is 13.3. The molecule has 1 fully saturated rings. The van der Waals surface area contributed by atoms with Crippen LogP contribution in [0.15, 0.2) is 30.3 Å². The second-order valence-corrected chi connectivity index (χ2v) is 6.31. The number of hydrogen-bond donors (Lipinski definition) is 1. The average molecular weight is 288 g/mol. The summed E-state index contributed by atoms with van der Waals surface area (Å²) in [4.78, 5) is 14.5. The minimum absolute atomic E-state index is 0.179. The first-order chi connectivity index (χ1) is 10.2. The summed E-state index contributed by atoms with van der Waals surface area (Å²) in [6.45, 7) is 5.02. The molecule has 1 aliphatic heterocycles. The number of nitrogens with zero attached hydrogens (tertiary/aromatic N) is 1. The number of likely N-dealkylation sites (tertiary alicyclic amines) is 1. The molecule has 1 saturated heterocycles. The molecule has 2 rings (SSSR count). The number of nitrogens with one attached hydrogen (secondary N) is 1. The third-order valence-electron chi connectivity index (χ3n) is 4.50. The predicted octanol–water partition coefficient (Wildman–Crippen LogP) is 2.71. The van der Waals surface area contributed by atoms with E-state index in [2.05, 4.69) is 48.5 Å². The molecule has 0 unspecified atom stereocenters. The Morgan fingerprint density at radius 1 is 1.38 bits per heavy atom. The van der Waals surface area contributed by atoms with E-state index in [4.69, 9.17) is 0 Å². The molecular weight excluding hydrogens is 260 g/mol. The predicted molar refractivity (Wildman–Crippen MR) is 87.2 cm³/mol. The first-order valence-corrected chi connectivity index (χ1v) is 8.19. The average Bonchev–Trinajstić information content (AvgIpc) is 2.52. The van der Waals surface area contributed by atoms with Crippen molar-refractivity contribution < 1.29 is 4.79 Å². The monoisotopic (exact) mass is 288 g/mol. The SMILES string of the molecule is CC[C@@H](CNC(=O)[C@H]1CCCN(C)C1)Cc1ccccc1. The van der Waals surface area contributed by atoms with Gasteiger partial charge in [0.25, 0.3) is 0 Å². The van der Waals surface area contributed by atoms with Crippen molar-refractivity contribution in [2.75, 3.05) is 26.7 Å². The normalized spacial score (nSPS) is 21.0. The number of benzene rings is 1. The van der Waals surface area contributed by atoms with Gasteiger partial charge in [-0.05, 0) is 44.3 Å². The largest absolute Gasteiger partial charge is 0.356 e. The van der Waals surface area contributed by atoms with E-state index in [1.807, 2.05) is 6.07 Å². The van der Waals surface area contributed by atoms with Crippen molar-refractivity contribution in [2.24, 2.45) is 11.8 Å². The maximum atomic E-state index is 12.3. The minimum atomic E-state index is 0.179. The fourth-order valence-corrected chi connectivity index (χ4v) is 3.08. The molecule has 0 saturated carbocycles. The van der Waals surface area contributed by atoms with Crippen LogP contribution in [0.2, 0.25) is 0 Å². The fraction of sp³-hybridized carbons (Fsp3) is 0.611. The van der Waals surface area contributed by atoms with Gasteiger partial charge in [-0.3, -0.25) is 4.79 Å². The highest BCUT2D eigenvalue weighted by Gasteiger charge is 2.24. The van der Waals surface area contributed by atoms with Crippen molar-refractivity contribution >= 4 is 5.91 Å². The number of rotatable bonds is 6. The van der Waals surface area contributed by atoms with Crippen molar-refractivity contribution in [2.45, 2.75) is 32.6 Å². The van der Waals surface area contributed by atoms with Gasteiger partial charge in [-0.1, -0.05) is 43.7 Å². The van der Waals surface area contributed by atoms with Crippen LogP contribution in [-0.4, -0.2) is 37.5 Å². The summed E-state index contributed by atoms with van der Waals surface area (Å²) in [6, 6.07) is 10.5. The van der Waals surface area contributed by atoms with E-state index < -0.39 is 0 Å². The molecule has 21 heavy (non-hydrogen) atoms. The highest BCUT2D eigenvalue weighted by molar-refractivity contribution is 5.78. The molecule has 1 amide bonds. The molecule has 0 aliphatic carbocycles. The van der Waals surface area contributed by atoms with Gasteiger partial charge in [-0.2, -0.15) is 0 Å². The third kappa shape index (κ3) is 5.16. The quantitative estimate of drug-likeness (QED) is 0.873. The zero-order valence-electron chi connectivity index (χ0n) is 13.3. The summed E-state index contributed by atoms with van der Waals surface area (Å²) in [5.74, 6) is 0.948. The molecule has 2 atom stereocenters. The first-order valence-electron chi connectivity index (χ1n) is 8.19. The molecule has 0 aromatic heterocycles. The van der Waals surface area contributed by atoms with Crippen molar-refractivity contribution in [3.05, 3.63) is 35.9 Å². The van der Waals surface area contributed by atoms with Gasteiger partial charge >= 0.3 is 0 Å². The molecule has 1 aromatic carbocycles. The van der Waals surface area contributed by atoms with E-state index in [0.29, 0.717) is 5.92 Å². The first kappa shape index (κ1) is 16.0. The number of carbonyl (C=O) groups is 1. The summed E-state index contributed by atoms with van der Waals surface area (Å²) in [7, 11) is 2.10. The molecule has 116 valence electrons. The summed E-state index contributed by atoms with van der Waals surface area (Å²) < 4.78 is 0. The van der Waals surface area contributed by atoms with Crippen LogP contribution in [0.5, 0.6) is 0 Å². The lowest BCUT2D eigenvalue weighted by Crippen LogP contribution is -2.42. The molecule has 1 N–H and O–H groups in total. The molecule has 0 bridgehead atoms. The highest BCUT2D eigenvalue weighted by atomic mass is 16.1. The Labute approximate surface area is 128 Å². The van der Waals surface area contributed by atoms with Crippen molar-refractivity contribution in [3.63, 3.8) is 0 Å². The van der Waals surface area contributed by atoms with Crippen LogP contribution >= 0.6 is 0 Å². The Morgan fingerprint density at radius 2 is 2.14 bits per heavy atom. The molecule has 0 radical (unpaired) electrons. The van der Waals surface area contributed by atoms with Gasteiger partial charge in [0, 0.05) is 13.1 Å². The fourth-order valence-electron chi connectivity index (χ4n) is 3.08. The maximum Gasteiger partial charge on any atom is 0.224 e. The van der Waals surface area contributed by atoms with Gasteiger partial charge in [-0.25, -0.2) is 0 Å². The number of amides is 1. The van der Waals surface area contributed by atoms with E-state index in [0.717, 1.165) is 45.3 Å².